The summed E-state index contributed by atoms with van der Waals surface area (Å²) < 4.78 is 48.9. The molecule has 0 aliphatic rings. The molecule has 14 heavy (non-hydrogen) atoms. The van der Waals surface area contributed by atoms with E-state index in [1.807, 2.05) is 27.3 Å². The first-order valence-electron chi connectivity index (χ1n) is 3.40. The molecule has 7 heteroatoms. The molecule has 0 aliphatic carbocycles. The molecule has 0 spiro atoms. The van der Waals surface area contributed by atoms with Crippen LogP contribution in [0.15, 0.2) is 24.3 Å². The zero-order valence-electron chi connectivity index (χ0n) is 6.64. The van der Waals surface area contributed by atoms with E-state index in [1.165, 1.54) is 12.1 Å². The molecule has 78 valence electrons. The van der Waals surface area contributed by atoms with Crippen LogP contribution in [0.5, 0.6) is 0 Å². The third-order valence-electron chi connectivity index (χ3n) is 1.26. The first-order chi connectivity index (χ1) is 6.39. The Morgan fingerprint density at radius 3 is 2.14 bits per heavy atom. The maximum atomic E-state index is 11.8. The number of hydrogen-bond donors (Lipinski definition) is 1. The molecule has 0 aliphatic heterocycles. The van der Waals surface area contributed by atoms with E-state index in [1.54, 1.807) is 12.1 Å². The Bertz CT molecular complexity index is 338. The van der Waals surface area contributed by atoms with Gasteiger partial charge in [0.2, 0.25) is 11.0 Å². The predicted octanol–water partition coefficient (Wildman–Crippen LogP) is 2.89. The maximum Gasteiger partial charge on any atom is 0.490 e. The molecule has 1 aromatic carbocycles. The van der Waals surface area contributed by atoms with Crippen molar-refractivity contribution in [3.8, 4) is 0 Å². The zero-order chi connectivity index (χ0) is 10.8. The molecule has 0 amide bonds. The molecule has 0 radical (unpaired) electrons. The molecule has 0 bridgehead atoms. The molecule has 1 atom stereocenters. The number of anilines is 1. The standard InChI is InChI=1S/C7H5F3INOS/c8-7(9,10)14(13)12-6-3-1-5(11)2-4-6/h1-4,12H. The Morgan fingerprint density at radius 1 is 1.21 bits per heavy atom. The molecular formula is C7H5F3INOS. The van der Waals surface area contributed by atoms with Gasteiger partial charge in [0.1, 0.15) is 0 Å². The van der Waals surface area contributed by atoms with Crippen LogP contribution in [0.4, 0.5) is 18.9 Å². The second-order valence-electron chi connectivity index (χ2n) is 2.32. The van der Waals surface area contributed by atoms with Crippen LogP contribution in [0.2, 0.25) is 0 Å². The highest BCUT2D eigenvalue weighted by Gasteiger charge is 2.37. The van der Waals surface area contributed by atoms with E-state index in [0.29, 0.717) is 0 Å². The van der Waals surface area contributed by atoms with Crippen molar-refractivity contribution in [3.63, 3.8) is 0 Å². The number of rotatable bonds is 2. The van der Waals surface area contributed by atoms with E-state index in [9.17, 15) is 17.4 Å². The van der Waals surface area contributed by atoms with Crippen molar-refractivity contribution in [2.45, 2.75) is 5.51 Å². The van der Waals surface area contributed by atoms with Crippen molar-refractivity contribution in [2.24, 2.45) is 0 Å². The van der Waals surface area contributed by atoms with Gasteiger partial charge in [0.25, 0.3) is 0 Å². The van der Waals surface area contributed by atoms with Gasteiger partial charge in [0, 0.05) is 9.26 Å². The minimum atomic E-state index is -4.73. The lowest BCUT2D eigenvalue weighted by Crippen LogP contribution is -2.22. The van der Waals surface area contributed by atoms with Crippen LogP contribution < -0.4 is 4.72 Å². The summed E-state index contributed by atoms with van der Waals surface area (Å²) in [4.78, 5) is 0. The summed E-state index contributed by atoms with van der Waals surface area (Å²) in [5.41, 5.74) is -4.55. The van der Waals surface area contributed by atoms with E-state index < -0.39 is 16.5 Å². The first kappa shape index (κ1) is 11.8. The van der Waals surface area contributed by atoms with Crippen LogP contribution in [-0.2, 0) is 11.0 Å². The summed E-state index contributed by atoms with van der Waals surface area (Å²) in [5, 5.41) is 0. The monoisotopic (exact) mass is 335 g/mol. The van der Waals surface area contributed by atoms with Gasteiger partial charge < -0.3 is 0 Å². The third-order valence-corrected chi connectivity index (χ3v) is 2.83. The molecule has 1 rings (SSSR count). The van der Waals surface area contributed by atoms with Gasteiger partial charge in [-0.1, -0.05) is 0 Å². The minimum absolute atomic E-state index is 0.182. The van der Waals surface area contributed by atoms with Crippen molar-refractivity contribution in [1.82, 2.24) is 0 Å². The van der Waals surface area contributed by atoms with Crippen molar-refractivity contribution in [3.05, 3.63) is 27.8 Å². The lowest BCUT2D eigenvalue weighted by molar-refractivity contribution is -0.0379. The van der Waals surface area contributed by atoms with Gasteiger partial charge in [-0.3, -0.25) is 4.72 Å². The van der Waals surface area contributed by atoms with Crippen LogP contribution in [0.3, 0.4) is 0 Å². The minimum Gasteiger partial charge on any atom is -0.298 e. The summed E-state index contributed by atoms with van der Waals surface area (Å²) in [6.07, 6.45) is 0. The molecular weight excluding hydrogens is 330 g/mol. The molecule has 0 saturated carbocycles. The van der Waals surface area contributed by atoms with E-state index >= 15 is 0 Å². The fourth-order valence-electron chi connectivity index (χ4n) is 0.683. The molecule has 0 heterocycles. The fraction of sp³-hybridized carbons (Fsp3) is 0.143. The number of alkyl halides is 3. The van der Waals surface area contributed by atoms with Crippen LogP contribution in [-0.4, -0.2) is 9.72 Å². The van der Waals surface area contributed by atoms with Crippen molar-refractivity contribution in [1.29, 1.82) is 0 Å². The Hall–Kier alpha value is -0.310. The highest BCUT2D eigenvalue weighted by atomic mass is 127. The Labute approximate surface area is 94.6 Å². The van der Waals surface area contributed by atoms with Crippen molar-refractivity contribution in [2.75, 3.05) is 4.72 Å². The predicted molar refractivity (Wildman–Crippen MR) is 57.0 cm³/mol. The van der Waals surface area contributed by atoms with E-state index in [0.717, 1.165) is 3.57 Å². The zero-order valence-corrected chi connectivity index (χ0v) is 9.61. The smallest absolute Gasteiger partial charge is 0.298 e. The number of hydrogen-bond acceptors (Lipinski definition) is 1. The Morgan fingerprint density at radius 2 is 1.71 bits per heavy atom. The summed E-state index contributed by atoms with van der Waals surface area (Å²) >= 11 is 2.02. The normalized spacial score (nSPS) is 13.7. The van der Waals surface area contributed by atoms with Crippen LogP contribution in [0.1, 0.15) is 0 Å². The fourth-order valence-corrected chi connectivity index (χ4v) is 1.51. The molecule has 0 fully saturated rings. The van der Waals surface area contributed by atoms with Crippen LogP contribution >= 0.6 is 22.6 Å². The second kappa shape index (κ2) is 4.47. The number of nitrogens with one attached hydrogen (secondary N) is 1. The lowest BCUT2D eigenvalue weighted by atomic mass is 10.3. The third kappa shape index (κ3) is 3.45. The first-order valence-corrected chi connectivity index (χ1v) is 5.63. The summed E-state index contributed by atoms with van der Waals surface area (Å²) in [7, 11) is -3.05. The number of halogens is 4. The van der Waals surface area contributed by atoms with Gasteiger partial charge in [-0.2, -0.15) is 13.2 Å². The highest BCUT2D eigenvalue weighted by molar-refractivity contribution is 14.1. The largest absolute Gasteiger partial charge is 0.490 e. The van der Waals surface area contributed by atoms with Gasteiger partial charge in [0.15, 0.2) is 0 Å². The van der Waals surface area contributed by atoms with Gasteiger partial charge in [-0.15, -0.1) is 0 Å². The van der Waals surface area contributed by atoms with Gasteiger partial charge in [-0.05, 0) is 46.9 Å². The quantitative estimate of drug-likeness (QED) is 0.828. The van der Waals surface area contributed by atoms with Crippen LogP contribution in [0.25, 0.3) is 0 Å². The van der Waals surface area contributed by atoms with E-state index in [-0.39, 0.29) is 5.69 Å². The molecule has 1 aromatic rings. The van der Waals surface area contributed by atoms with Crippen molar-refractivity contribution < 1.29 is 17.4 Å². The Balaban J connectivity index is 2.71. The molecule has 0 aromatic heterocycles. The average Bonchev–Trinajstić information content (AvgIpc) is 2.07. The summed E-state index contributed by atoms with van der Waals surface area (Å²) in [6, 6.07) is 6.11. The topological polar surface area (TPSA) is 29.1 Å². The highest BCUT2D eigenvalue weighted by Crippen LogP contribution is 2.22. The average molecular weight is 335 g/mol. The van der Waals surface area contributed by atoms with Gasteiger partial charge in [0.05, 0.1) is 0 Å². The molecule has 0 saturated heterocycles. The summed E-state index contributed by atoms with van der Waals surface area (Å²) in [5.74, 6) is 0. The van der Waals surface area contributed by atoms with Crippen molar-refractivity contribution >= 4 is 39.3 Å². The van der Waals surface area contributed by atoms with Gasteiger partial charge in [-0.25, -0.2) is 4.21 Å². The van der Waals surface area contributed by atoms with Crippen LogP contribution in [0, 0.1) is 3.57 Å². The number of benzene rings is 1. The van der Waals surface area contributed by atoms with Gasteiger partial charge >= 0.3 is 5.51 Å². The molecule has 1 N–H and O–H groups in total. The molecule has 1 unspecified atom stereocenters. The Kier molecular flexibility index (Phi) is 3.76. The maximum absolute atomic E-state index is 11.8. The SMILES string of the molecule is O=S(Nc1ccc(I)cc1)C(F)(F)F. The second-order valence-corrected chi connectivity index (χ2v) is 4.77. The molecule has 2 nitrogen and oxygen atoms in total. The summed E-state index contributed by atoms with van der Waals surface area (Å²) in [6.45, 7) is 0. The lowest BCUT2D eigenvalue weighted by Gasteiger charge is -2.08. The van der Waals surface area contributed by atoms with E-state index in [2.05, 4.69) is 0 Å². The van der Waals surface area contributed by atoms with E-state index in [4.69, 9.17) is 0 Å².